The molecule has 0 aromatic heterocycles. The summed E-state index contributed by atoms with van der Waals surface area (Å²) in [6.45, 7) is 12.2. The summed E-state index contributed by atoms with van der Waals surface area (Å²) in [5.74, 6) is -5.65. The van der Waals surface area contributed by atoms with Crippen molar-refractivity contribution in [1.29, 1.82) is 0 Å². The summed E-state index contributed by atoms with van der Waals surface area (Å²) in [5, 5.41) is 51.7. The molecule has 1 aromatic rings. The van der Waals surface area contributed by atoms with E-state index in [0.29, 0.717) is 12.8 Å². The van der Waals surface area contributed by atoms with Gasteiger partial charge in [0.1, 0.15) is 30.0 Å². The average molecular weight is 770 g/mol. The molecule has 1 heterocycles. The first-order chi connectivity index (χ1) is 25.5. The van der Waals surface area contributed by atoms with Crippen LogP contribution < -0.4 is 5.32 Å². The maximum absolute atomic E-state index is 14.9. The molecule has 55 heavy (non-hydrogen) atoms. The lowest BCUT2D eigenvalue weighted by Gasteiger charge is -2.67. The van der Waals surface area contributed by atoms with Crippen LogP contribution in [0.5, 0.6) is 0 Å². The molecule has 2 bridgehead atoms. The number of benzene rings is 1. The first-order valence-corrected chi connectivity index (χ1v) is 19.1. The summed E-state index contributed by atoms with van der Waals surface area (Å²) in [5.41, 5.74) is -8.09. The van der Waals surface area contributed by atoms with Crippen LogP contribution in [0.4, 0.5) is 0 Å². The monoisotopic (exact) mass is 769 g/mol. The van der Waals surface area contributed by atoms with E-state index in [1.165, 1.54) is 32.9 Å². The minimum atomic E-state index is -2.30. The Labute approximate surface area is 320 Å². The maximum Gasteiger partial charge on any atom is 0.338 e. The number of ether oxygens (including phenoxy) is 4. The number of rotatable bonds is 8. The molecule has 302 valence electrons. The molecule has 4 fully saturated rings. The number of hydrogen-bond donors (Lipinski definition) is 5. The third-order valence-electron chi connectivity index (χ3n) is 13.4. The Balaban J connectivity index is 1.49. The number of nitrogens with one attached hydrogen (secondary N) is 1. The van der Waals surface area contributed by atoms with Crippen LogP contribution in [0, 0.1) is 28.1 Å². The second-order valence-corrected chi connectivity index (χ2v) is 18.0. The van der Waals surface area contributed by atoms with E-state index in [1.54, 1.807) is 52.8 Å². The van der Waals surface area contributed by atoms with Crippen molar-refractivity contribution in [2.24, 2.45) is 28.1 Å². The van der Waals surface area contributed by atoms with E-state index in [2.05, 4.69) is 5.32 Å². The number of aliphatic hydroxyl groups excluding tert-OH is 3. The van der Waals surface area contributed by atoms with E-state index in [1.807, 2.05) is 0 Å². The van der Waals surface area contributed by atoms with E-state index in [4.69, 9.17) is 18.9 Å². The van der Waals surface area contributed by atoms with Crippen LogP contribution in [0.3, 0.4) is 0 Å². The number of Topliss-reactive ketones (excluding diaryl/α,β-unsaturated/α-hetero) is 1. The van der Waals surface area contributed by atoms with Crippen LogP contribution in [-0.2, 0) is 38.1 Å². The van der Waals surface area contributed by atoms with Crippen LogP contribution in [0.25, 0.3) is 0 Å². The fraction of sp³-hybridized carbons (Fsp3) is 0.683. The Morgan fingerprint density at radius 2 is 1.65 bits per heavy atom. The van der Waals surface area contributed by atoms with Gasteiger partial charge in [-0.05, 0) is 55.4 Å². The smallest absolute Gasteiger partial charge is 0.338 e. The highest BCUT2D eigenvalue weighted by Gasteiger charge is 2.78. The van der Waals surface area contributed by atoms with Crippen molar-refractivity contribution in [3.8, 4) is 0 Å². The molecule has 5 aliphatic rings. The second-order valence-electron chi connectivity index (χ2n) is 18.0. The average Bonchev–Trinajstić information content (AvgIpc) is 3.07. The number of carbonyl (C=O) groups is 5. The zero-order chi connectivity index (χ0) is 40.6. The summed E-state index contributed by atoms with van der Waals surface area (Å²) in [7, 11) is 0. The Hall–Kier alpha value is -3.69. The highest BCUT2D eigenvalue weighted by Crippen LogP contribution is 2.64. The molecule has 3 saturated carbocycles. The summed E-state index contributed by atoms with van der Waals surface area (Å²) in [6, 6.07) is 6.86. The van der Waals surface area contributed by atoms with Crippen molar-refractivity contribution in [3.05, 3.63) is 47.0 Å². The van der Waals surface area contributed by atoms with Gasteiger partial charge in [0.2, 0.25) is 5.91 Å². The molecule has 6 rings (SSSR count). The fourth-order valence-corrected chi connectivity index (χ4v) is 9.83. The van der Waals surface area contributed by atoms with Gasteiger partial charge in [0, 0.05) is 31.1 Å². The lowest BCUT2D eigenvalue weighted by molar-refractivity contribution is -0.346. The van der Waals surface area contributed by atoms with Crippen molar-refractivity contribution in [2.75, 3.05) is 6.61 Å². The topological polar surface area (TPSA) is 215 Å². The number of ketones is 1. The lowest BCUT2D eigenvalue weighted by atomic mass is 9.44. The minimum absolute atomic E-state index is 0.0228. The van der Waals surface area contributed by atoms with E-state index >= 15 is 0 Å². The van der Waals surface area contributed by atoms with E-state index < -0.39 is 106 Å². The van der Waals surface area contributed by atoms with Gasteiger partial charge in [-0.15, -0.1) is 0 Å². The van der Waals surface area contributed by atoms with Gasteiger partial charge in [-0.25, -0.2) is 9.59 Å². The van der Waals surface area contributed by atoms with Gasteiger partial charge >= 0.3 is 17.9 Å². The van der Waals surface area contributed by atoms with Crippen molar-refractivity contribution in [3.63, 3.8) is 0 Å². The van der Waals surface area contributed by atoms with E-state index in [-0.39, 0.29) is 41.6 Å². The Morgan fingerprint density at radius 3 is 2.18 bits per heavy atom. The molecule has 0 spiro atoms. The highest BCUT2D eigenvalue weighted by atomic mass is 16.6. The number of esters is 3. The van der Waals surface area contributed by atoms with E-state index in [0.717, 1.165) is 6.42 Å². The quantitative estimate of drug-likeness (QED) is 0.146. The first kappa shape index (κ1) is 41.0. The molecule has 14 nitrogen and oxygen atoms in total. The van der Waals surface area contributed by atoms with E-state index in [9.17, 15) is 44.4 Å². The van der Waals surface area contributed by atoms with Crippen LogP contribution in [0.15, 0.2) is 41.5 Å². The first-order valence-electron chi connectivity index (χ1n) is 19.1. The maximum atomic E-state index is 14.9. The molecular formula is C41H55NO13. The highest BCUT2D eigenvalue weighted by molar-refractivity contribution is 5.94. The molecule has 1 amide bonds. The van der Waals surface area contributed by atoms with Gasteiger partial charge in [0.25, 0.3) is 0 Å². The molecule has 14 heteroatoms. The van der Waals surface area contributed by atoms with Gasteiger partial charge in [-0.1, -0.05) is 59.2 Å². The Morgan fingerprint density at radius 1 is 1.02 bits per heavy atom. The van der Waals surface area contributed by atoms with Crippen LogP contribution in [0.1, 0.15) is 97.9 Å². The summed E-state index contributed by atoms with van der Waals surface area (Å²) in [4.78, 5) is 68.7. The fourth-order valence-electron chi connectivity index (χ4n) is 9.83. The largest absolute Gasteiger partial charge is 0.456 e. The van der Waals surface area contributed by atoms with Gasteiger partial charge < -0.3 is 44.7 Å². The lowest BCUT2D eigenvalue weighted by Crippen LogP contribution is -2.81. The number of amides is 1. The molecule has 1 aromatic carbocycles. The molecule has 1 unspecified atom stereocenters. The normalized spacial score (nSPS) is 36.6. The van der Waals surface area contributed by atoms with Gasteiger partial charge in [-0.2, -0.15) is 0 Å². The molecule has 4 aliphatic carbocycles. The molecule has 5 N–H and O–H groups in total. The minimum Gasteiger partial charge on any atom is -0.456 e. The number of fused-ring (bicyclic) bond motifs is 5. The van der Waals surface area contributed by atoms with Crippen molar-refractivity contribution < 1.29 is 63.3 Å². The summed E-state index contributed by atoms with van der Waals surface area (Å²) in [6.07, 6.45) is -7.78. The zero-order valence-corrected chi connectivity index (χ0v) is 32.8. The summed E-state index contributed by atoms with van der Waals surface area (Å²) < 4.78 is 24.1. The van der Waals surface area contributed by atoms with Crippen molar-refractivity contribution >= 4 is 29.6 Å². The van der Waals surface area contributed by atoms with Crippen LogP contribution in [0.2, 0.25) is 0 Å². The predicted octanol–water partition coefficient (Wildman–Crippen LogP) is 2.32. The SMILES string of the molecule is CC(=O)O[C@@]12COC1C[C@H](O)[C@@]1(C)C(=O)[C@H](O)C3=C(C)[C@@H](OC(=O)[C@H](O)[C@@H](NC(=O)C4CCC4)C(C)(C)C)C[C@@](O)([C@@H](OC(=O)c4ccccc4)[C@@H]12)C3(C)C. The number of hydrogen-bond acceptors (Lipinski definition) is 13. The van der Waals surface area contributed by atoms with Crippen LogP contribution >= 0.6 is 0 Å². The van der Waals surface area contributed by atoms with Crippen molar-refractivity contribution in [2.45, 2.75) is 141 Å². The van der Waals surface area contributed by atoms with Crippen LogP contribution in [-0.4, -0.2) is 110 Å². The third kappa shape index (κ3) is 6.41. The second kappa shape index (κ2) is 14.0. The Kier molecular flexibility index (Phi) is 10.5. The molecular weight excluding hydrogens is 714 g/mol. The Bertz CT molecular complexity index is 1760. The number of aliphatic hydroxyl groups is 4. The van der Waals surface area contributed by atoms with Gasteiger partial charge in [-0.3, -0.25) is 14.4 Å². The molecule has 0 radical (unpaired) electrons. The van der Waals surface area contributed by atoms with Gasteiger partial charge in [0.05, 0.1) is 35.6 Å². The number of carbonyl (C=O) groups excluding carboxylic acids is 5. The molecule has 1 aliphatic heterocycles. The third-order valence-corrected chi connectivity index (χ3v) is 13.4. The van der Waals surface area contributed by atoms with Crippen molar-refractivity contribution in [1.82, 2.24) is 5.32 Å². The predicted molar refractivity (Wildman–Crippen MR) is 194 cm³/mol. The zero-order valence-electron chi connectivity index (χ0n) is 32.8. The van der Waals surface area contributed by atoms with Gasteiger partial charge in [0.15, 0.2) is 17.5 Å². The summed E-state index contributed by atoms with van der Waals surface area (Å²) >= 11 is 0. The molecule has 11 atom stereocenters. The molecule has 1 saturated heterocycles. The standard InChI is InChI=1S/C41H55NO13/c1-20-24(53-36(50)29(46)31(37(3,4)5)42-34(48)22-15-12-16-22)18-41(51)33(54-35(49)23-13-10-9-11-14-23)30-39(8,32(47)28(45)27(20)38(41,6)7)25(44)17-26-40(30,19-52-26)55-21(2)43/h9-11,13-14,22,24-26,28-31,33,44-46,51H,12,15-19H2,1-8H3,(H,42,48)/t24-,25-,26?,28+,29+,30-,31+,33-,39+,40-,41+/m0/s1.